The molecule has 1 heterocycles. The molecule has 0 spiro atoms. The Morgan fingerprint density at radius 1 is 1.29 bits per heavy atom. The van der Waals surface area contributed by atoms with Gasteiger partial charge in [-0.3, -0.25) is 10.1 Å². The molecular weight excluding hydrogens is 218 g/mol. The van der Waals surface area contributed by atoms with E-state index in [0.717, 1.165) is 11.1 Å². The van der Waals surface area contributed by atoms with Crippen molar-refractivity contribution in [1.29, 1.82) is 0 Å². The summed E-state index contributed by atoms with van der Waals surface area (Å²) in [7, 11) is 0. The lowest BCUT2D eigenvalue weighted by Gasteiger charge is -2.03. The van der Waals surface area contributed by atoms with Gasteiger partial charge in [-0.1, -0.05) is 23.8 Å². The van der Waals surface area contributed by atoms with Crippen LogP contribution in [0.3, 0.4) is 0 Å². The average Bonchev–Trinajstić information content (AvgIpc) is 2.28. The second-order valence-electron chi connectivity index (χ2n) is 3.73. The van der Waals surface area contributed by atoms with E-state index >= 15 is 0 Å². The summed E-state index contributed by atoms with van der Waals surface area (Å²) in [6.45, 7) is 1.97. The molecule has 0 radical (unpaired) electrons. The molecule has 0 aliphatic rings. The normalized spacial score (nSPS) is 10.2. The van der Waals surface area contributed by atoms with Gasteiger partial charge in [-0.2, -0.15) is 0 Å². The molecule has 0 saturated heterocycles. The maximum Gasteiger partial charge on any atom is 0.311 e. The molecule has 1 aromatic carbocycles. The monoisotopic (exact) mass is 229 g/mol. The first-order valence-electron chi connectivity index (χ1n) is 5.06. The Bertz CT molecular complexity index is 582. The molecule has 0 unspecified atom stereocenters. The van der Waals surface area contributed by atoms with E-state index in [0.29, 0.717) is 5.69 Å². The topological polar surface area (TPSA) is 82.0 Å². The Kier molecular flexibility index (Phi) is 2.74. The predicted molar refractivity (Wildman–Crippen MR) is 65.5 cm³/mol. The minimum absolute atomic E-state index is 0.0611. The molecule has 0 atom stereocenters. The molecule has 86 valence electrons. The number of aryl methyl sites for hydroxylation is 1. The molecule has 1 aromatic heterocycles. The molecule has 2 aromatic rings. The van der Waals surface area contributed by atoms with E-state index in [-0.39, 0.29) is 11.5 Å². The fraction of sp³-hybridized carbons (Fsp3) is 0.0833. The average molecular weight is 229 g/mol. The van der Waals surface area contributed by atoms with Gasteiger partial charge in [0.1, 0.15) is 0 Å². The second kappa shape index (κ2) is 4.21. The molecule has 2 rings (SSSR count). The highest BCUT2D eigenvalue weighted by molar-refractivity contribution is 5.65. The van der Waals surface area contributed by atoms with Crippen LogP contribution in [0.2, 0.25) is 0 Å². The number of rotatable bonds is 2. The van der Waals surface area contributed by atoms with E-state index in [1.165, 1.54) is 6.07 Å². The van der Waals surface area contributed by atoms with Gasteiger partial charge in [0.25, 0.3) is 0 Å². The lowest BCUT2D eigenvalue weighted by Crippen LogP contribution is -1.99. The maximum absolute atomic E-state index is 10.6. The van der Waals surface area contributed by atoms with Gasteiger partial charge >= 0.3 is 5.69 Å². The summed E-state index contributed by atoms with van der Waals surface area (Å²) in [4.78, 5) is 14.1. The van der Waals surface area contributed by atoms with Crippen LogP contribution in [-0.4, -0.2) is 9.91 Å². The van der Waals surface area contributed by atoms with Crippen molar-refractivity contribution in [2.45, 2.75) is 6.92 Å². The van der Waals surface area contributed by atoms with Crippen LogP contribution in [0.15, 0.2) is 36.4 Å². The highest BCUT2D eigenvalue weighted by Crippen LogP contribution is 2.24. The van der Waals surface area contributed by atoms with Gasteiger partial charge in [0, 0.05) is 11.6 Å². The summed E-state index contributed by atoms with van der Waals surface area (Å²) in [6, 6.07) is 10.7. The molecule has 2 N–H and O–H groups in total. The Hall–Kier alpha value is -2.43. The Labute approximate surface area is 98.1 Å². The van der Waals surface area contributed by atoms with Crippen molar-refractivity contribution in [3.8, 4) is 11.3 Å². The highest BCUT2D eigenvalue weighted by atomic mass is 16.6. The van der Waals surface area contributed by atoms with Gasteiger partial charge in [-0.15, -0.1) is 0 Å². The molecule has 0 aliphatic carbocycles. The molecular formula is C12H11N3O2. The first-order chi connectivity index (χ1) is 8.08. The van der Waals surface area contributed by atoms with Crippen LogP contribution in [0.1, 0.15) is 5.56 Å². The zero-order valence-electron chi connectivity index (χ0n) is 9.25. The fourth-order valence-electron chi connectivity index (χ4n) is 1.59. The molecule has 0 bridgehead atoms. The van der Waals surface area contributed by atoms with E-state index < -0.39 is 4.92 Å². The van der Waals surface area contributed by atoms with Gasteiger partial charge in [-0.25, -0.2) is 4.98 Å². The molecule has 5 heteroatoms. The van der Waals surface area contributed by atoms with Gasteiger partial charge in [0.2, 0.25) is 5.82 Å². The minimum atomic E-state index is -0.539. The van der Waals surface area contributed by atoms with Gasteiger partial charge in [0.05, 0.1) is 10.6 Å². The number of hydrogen-bond donors (Lipinski definition) is 1. The van der Waals surface area contributed by atoms with Crippen LogP contribution < -0.4 is 5.73 Å². The summed E-state index contributed by atoms with van der Waals surface area (Å²) in [6.07, 6.45) is 0. The number of nitro groups is 1. The highest BCUT2D eigenvalue weighted by Gasteiger charge is 2.13. The number of pyridine rings is 1. The van der Waals surface area contributed by atoms with Crippen molar-refractivity contribution in [3.05, 3.63) is 52.1 Å². The number of hydrogen-bond acceptors (Lipinski definition) is 4. The van der Waals surface area contributed by atoms with Crippen molar-refractivity contribution >= 4 is 11.5 Å². The molecule has 5 nitrogen and oxygen atoms in total. The Morgan fingerprint density at radius 3 is 2.65 bits per heavy atom. The molecule has 17 heavy (non-hydrogen) atoms. The molecule has 0 saturated carbocycles. The van der Waals surface area contributed by atoms with Crippen LogP contribution >= 0.6 is 0 Å². The number of benzene rings is 1. The van der Waals surface area contributed by atoms with E-state index in [4.69, 9.17) is 5.73 Å². The van der Waals surface area contributed by atoms with Crippen LogP contribution in [0.5, 0.6) is 0 Å². The maximum atomic E-state index is 10.6. The Balaban J connectivity index is 2.48. The van der Waals surface area contributed by atoms with Crippen molar-refractivity contribution in [1.82, 2.24) is 4.98 Å². The molecule has 0 fully saturated rings. The number of nitrogen functional groups attached to an aromatic ring is 1. The second-order valence-corrected chi connectivity index (χ2v) is 3.73. The van der Waals surface area contributed by atoms with Gasteiger partial charge < -0.3 is 5.73 Å². The van der Waals surface area contributed by atoms with Crippen LogP contribution in [0, 0.1) is 17.0 Å². The first kappa shape index (κ1) is 11.1. The quantitative estimate of drug-likeness (QED) is 0.633. The third-order valence-corrected chi connectivity index (χ3v) is 2.41. The van der Waals surface area contributed by atoms with Crippen LogP contribution in [-0.2, 0) is 0 Å². The number of nitrogens with two attached hydrogens (primary N) is 1. The van der Waals surface area contributed by atoms with Crippen molar-refractivity contribution < 1.29 is 4.92 Å². The predicted octanol–water partition coefficient (Wildman–Crippen LogP) is 2.55. The first-order valence-corrected chi connectivity index (χ1v) is 5.06. The SMILES string of the molecule is Cc1cccc(-c2ccc([N+](=O)[O-])c(N)n2)c1. The van der Waals surface area contributed by atoms with E-state index in [1.807, 2.05) is 31.2 Å². The summed E-state index contributed by atoms with van der Waals surface area (Å²) in [5.74, 6) is -0.0611. The van der Waals surface area contributed by atoms with E-state index in [1.54, 1.807) is 6.07 Å². The number of aromatic nitrogens is 1. The van der Waals surface area contributed by atoms with E-state index in [2.05, 4.69) is 4.98 Å². The van der Waals surface area contributed by atoms with Crippen molar-refractivity contribution in [2.24, 2.45) is 0 Å². The minimum Gasteiger partial charge on any atom is -0.378 e. The fourth-order valence-corrected chi connectivity index (χ4v) is 1.59. The summed E-state index contributed by atoms with van der Waals surface area (Å²) < 4.78 is 0. The van der Waals surface area contributed by atoms with Crippen LogP contribution in [0.4, 0.5) is 11.5 Å². The molecule has 0 aliphatic heterocycles. The lowest BCUT2D eigenvalue weighted by molar-refractivity contribution is -0.384. The zero-order chi connectivity index (χ0) is 12.4. The van der Waals surface area contributed by atoms with Crippen molar-refractivity contribution in [2.75, 3.05) is 5.73 Å². The third-order valence-electron chi connectivity index (χ3n) is 2.41. The standard InChI is InChI=1S/C12H11N3O2/c1-8-3-2-4-9(7-8)10-5-6-11(15(16)17)12(13)14-10/h2-7H,1H3,(H2,13,14). The number of anilines is 1. The largest absolute Gasteiger partial charge is 0.378 e. The van der Waals surface area contributed by atoms with Gasteiger partial charge in [-0.05, 0) is 19.1 Å². The Morgan fingerprint density at radius 2 is 2.06 bits per heavy atom. The summed E-state index contributed by atoms with van der Waals surface area (Å²) in [5, 5.41) is 10.6. The number of nitrogens with zero attached hydrogens (tertiary/aromatic N) is 2. The van der Waals surface area contributed by atoms with E-state index in [9.17, 15) is 10.1 Å². The zero-order valence-corrected chi connectivity index (χ0v) is 9.25. The lowest BCUT2D eigenvalue weighted by atomic mass is 10.1. The summed E-state index contributed by atoms with van der Waals surface area (Å²) >= 11 is 0. The summed E-state index contributed by atoms with van der Waals surface area (Å²) in [5.41, 5.74) is 8.01. The van der Waals surface area contributed by atoms with Gasteiger partial charge in [0.15, 0.2) is 0 Å². The smallest absolute Gasteiger partial charge is 0.311 e. The molecule has 0 amide bonds. The van der Waals surface area contributed by atoms with Crippen molar-refractivity contribution in [3.63, 3.8) is 0 Å². The third kappa shape index (κ3) is 2.23. The van der Waals surface area contributed by atoms with Crippen LogP contribution in [0.25, 0.3) is 11.3 Å².